The summed E-state index contributed by atoms with van der Waals surface area (Å²) in [6.45, 7) is 1.86. The first-order chi connectivity index (χ1) is 9.09. The van der Waals surface area contributed by atoms with Crippen molar-refractivity contribution < 1.29 is 19.4 Å². The first-order valence-corrected chi connectivity index (χ1v) is 6.32. The lowest BCUT2D eigenvalue weighted by atomic mass is 10.0. The van der Waals surface area contributed by atoms with Gasteiger partial charge in [-0.25, -0.2) is 4.79 Å². The molecule has 5 nitrogen and oxygen atoms in total. The van der Waals surface area contributed by atoms with Crippen LogP contribution in [0.3, 0.4) is 0 Å². The fourth-order valence-corrected chi connectivity index (χ4v) is 2.14. The Kier molecular flexibility index (Phi) is 4.16. The Bertz CT molecular complexity index is 486. The summed E-state index contributed by atoms with van der Waals surface area (Å²) < 4.78 is 5.04. The van der Waals surface area contributed by atoms with Crippen molar-refractivity contribution in [2.45, 2.75) is 25.9 Å². The zero-order valence-electron chi connectivity index (χ0n) is 10.8. The minimum absolute atomic E-state index is 0.194. The van der Waals surface area contributed by atoms with Crippen LogP contribution in [-0.2, 0) is 20.7 Å². The second-order valence-electron chi connectivity index (χ2n) is 4.57. The number of carbonyl (C=O) groups excluding carboxylic acids is 1. The molecule has 1 N–H and O–H groups in total. The molecule has 1 aromatic carbocycles. The number of rotatable bonds is 4. The molecule has 0 saturated heterocycles. The van der Waals surface area contributed by atoms with Crippen LogP contribution in [-0.4, -0.2) is 36.2 Å². The van der Waals surface area contributed by atoms with Crippen molar-refractivity contribution in [3.05, 3.63) is 29.8 Å². The summed E-state index contributed by atoms with van der Waals surface area (Å²) in [5, 5.41) is 8.71. The van der Waals surface area contributed by atoms with Gasteiger partial charge in [-0.3, -0.25) is 4.79 Å². The number of nitrogens with zero attached hydrogens (tertiary/aromatic N) is 1. The van der Waals surface area contributed by atoms with Crippen molar-refractivity contribution in [1.82, 2.24) is 0 Å². The Balaban J connectivity index is 2.03. The molecular formula is C14H17NO4. The Hall–Kier alpha value is -1.88. The fourth-order valence-electron chi connectivity index (χ4n) is 2.14. The van der Waals surface area contributed by atoms with Crippen LogP contribution in [0.2, 0.25) is 0 Å². The third kappa shape index (κ3) is 3.12. The lowest BCUT2D eigenvalue weighted by Gasteiger charge is -2.29. The van der Waals surface area contributed by atoms with E-state index in [2.05, 4.69) is 0 Å². The molecule has 1 unspecified atom stereocenters. The van der Waals surface area contributed by atoms with Gasteiger partial charge in [0, 0.05) is 12.2 Å². The number of aryl methyl sites for hydroxylation is 1. The van der Waals surface area contributed by atoms with Gasteiger partial charge in [-0.05, 0) is 31.4 Å². The summed E-state index contributed by atoms with van der Waals surface area (Å²) >= 11 is 0. The van der Waals surface area contributed by atoms with Gasteiger partial charge in [-0.2, -0.15) is 0 Å². The molecular weight excluding hydrogens is 246 g/mol. The quantitative estimate of drug-likeness (QED) is 0.893. The van der Waals surface area contributed by atoms with Crippen molar-refractivity contribution in [2.24, 2.45) is 0 Å². The van der Waals surface area contributed by atoms with E-state index in [1.54, 1.807) is 4.90 Å². The molecule has 1 atom stereocenters. The van der Waals surface area contributed by atoms with Crippen LogP contribution in [0.25, 0.3) is 0 Å². The third-order valence-corrected chi connectivity index (χ3v) is 3.22. The number of ether oxygens (including phenoxy) is 1. The van der Waals surface area contributed by atoms with E-state index in [-0.39, 0.29) is 12.5 Å². The maximum absolute atomic E-state index is 12.1. The van der Waals surface area contributed by atoms with Crippen LogP contribution in [0.1, 0.15) is 18.9 Å². The van der Waals surface area contributed by atoms with Crippen molar-refractivity contribution in [1.29, 1.82) is 0 Å². The largest absolute Gasteiger partial charge is 0.479 e. The number of para-hydroxylation sites is 1. The molecule has 0 aliphatic carbocycles. The van der Waals surface area contributed by atoms with E-state index in [1.165, 1.54) is 6.92 Å². The predicted octanol–water partition coefficient (Wildman–Crippen LogP) is 1.46. The number of benzene rings is 1. The number of carboxylic acids is 1. The lowest BCUT2D eigenvalue weighted by molar-refractivity contribution is -0.150. The molecule has 0 saturated carbocycles. The van der Waals surface area contributed by atoms with E-state index in [1.807, 2.05) is 24.3 Å². The number of anilines is 1. The van der Waals surface area contributed by atoms with Gasteiger partial charge in [-0.15, -0.1) is 0 Å². The molecule has 0 bridgehead atoms. The van der Waals surface area contributed by atoms with E-state index >= 15 is 0 Å². The number of carbonyl (C=O) groups is 2. The molecule has 1 aliphatic heterocycles. The summed E-state index contributed by atoms with van der Waals surface area (Å²) in [6.07, 6.45) is 0.910. The molecule has 5 heteroatoms. The van der Waals surface area contributed by atoms with E-state index in [4.69, 9.17) is 9.84 Å². The highest BCUT2D eigenvalue weighted by molar-refractivity contribution is 5.95. The first kappa shape index (κ1) is 13.5. The molecule has 0 aromatic heterocycles. The van der Waals surface area contributed by atoms with E-state index in [0.717, 1.165) is 24.1 Å². The zero-order chi connectivity index (χ0) is 13.8. The van der Waals surface area contributed by atoms with Gasteiger partial charge in [0.2, 0.25) is 0 Å². The molecule has 1 heterocycles. The molecule has 2 rings (SSSR count). The third-order valence-electron chi connectivity index (χ3n) is 3.22. The Labute approximate surface area is 111 Å². The average Bonchev–Trinajstić information content (AvgIpc) is 2.43. The smallest absolute Gasteiger partial charge is 0.332 e. The number of carboxylic acid groups (broad SMARTS) is 1. The van der Waals surface area contributed by atoms with Crippen molar-refractivity contribution in [3.63, 3.8) is 0 Å². The summed E-state index contributed by atoms with van der Waals surface area (Å²) in [5.74, 6) is -1.26. The SMILES string of the molecule is CC(OCC(=O)N1CCCc2ccccc21)C(=O)O. The molecule has 102 valence electrons. The van der Waals surface area contributed by atoms with E-state index in [0.29, 0.717) is 6.54 Å². The van der Waals surface area contributed by atoms with Gasteiger partial charge in [0.05, 0.1) is 0 Å². The van der Waals surface area contributed by atoms with Crippen LogP contribution in [0.5, 0.6) is 0 Å². The van der Waals surface area contributed by atoms with Gasteiger partial charge in [0.15, 0.2) is 6.10 Å². The summed E-state index contributed by atoms with van der Waals surface area (Å²) in [4.78, 5) is 24.4. The van der Waals surface area contributed by atoms with Gasteiger partial charge in [0.1, 0.15) is 6.61 Å². The molecule has 19 heavy (non-hydrogen) atoms. The van der Waals surface area contributed by atoms with Crippen LogP contribution < -0.4 is 4.90 Å². The number of fused-ring (bicyclic) bond motifs is 1. The Morgan fingerprint density at radius 1 is 1.42 bits per heavy atom. The van der Waals surface area contributed by atoms with Gasteiger partial charge >= 0.3 is 5.97 Å². The minimum atomic E-state index is -1.06. The minimum Gasteiger partial charge on any atom is -0.479 e. The number of hydrogen-bond donors (Lipinski definition) is 1. The maximum Gasteiger partial charge on any atom is 0.332 e. The van der Waals surface area contributed by atoms with Crippen LogP contribution in [0.15, 0.2) is 24.3 Å². The average molecular weight is 263 g/mol. The molecule has 1 amide bonds. The van der Waals surface area contributed by atoms with Gasteiger partial charge < -0.3 is 14.7 Å². The van der Waals surface area contributed by atoms with Crippen LogP contribution in [0.4, 0.5) is 5.69 Å². The Morgan fingerprint density at radius 3 is 2.89 bits per heavy atom. The molecule has 0 spiro atoms. The molecule has 1 aromatic rings. The topological polar surface area (TPSA) is 66.8 Å². The zero-order valence-corrected chi connectivity index (χ0v) is 10.8. The van der Waals surface area contributed by atoms with Crippen LogP contribution in [0, 0.1) is 0 Å². The Morgan fingerprint density at radius 2 is 2.16 bits per heavy atom. The summed E-state index contributed by atoms with van der Waals surface area (Å²) in [6, 6.07) is 7.77. The number of aliphatic carboxylic acids is 1. The van der Waals surface area contributed by atoms with Gasteiger partial charge in [0.25, 0.3) is 5.91 Å². The monoisotopic (exact) mass is 263 g/mol. The first-order valence-electron chi connectivity index (χ1n) is 6.32. The van der Waals surface area contributed by atoms with Crippen molar-refractivity contribution in [3.8, 4) is 0 Å². The molecule has 0 radical (unpaired) electrons. The second kappa shape index (κ2) is 5.84. The maximum atomic E-state index is 12.1. The van der Waals surface area contributed by atoms with Crippen molar-refractivity contribution in [2.75, 3.05) is 18.1 Å². The van der Waals surface area contributed by atoms with E-state index < -0.39 is 12.1 Å². The van der Waals surface area contributed by atoms with Crippen LogP contribution >= 0.6 is 0 Å². The van der Waals surface area contributed by atoms with Gasteiger partial charge in [-0.1, -0.05) is 18.2 Å². The lowest BCUT2D eigenvalue weighted by Crippen LogP contribution is -2.39. The predicted molar refractivity (Wildman–Crippen MR) is 70.2 cm³/mol. The normalized spacial score (nSPS) is 15.7. The highest BCUT2D eigenvalue weighted by atomic mass is 16.5. The summed E-state index contributed by atoms with van der Waals surface area (Å²) in [7, 11) is 0. The molecule has 0 fully saturated rings. The summed E-state index contributed by atoms with van der Waals surface area (Å²) in [5.41, 5.74) is 2.05. The number of amides is 1. The fraction of sp³-hybridized carbons (Fsp3) is 0.429. The van der Waals surface area contributed by atoms with E-state index in [9.17, 15) is 9.59 Å². The number of hydrogen-bond acceptors (Lipinski definition) is 3. The highest BCUT2D eigenvalue weighted by Gasteiger charge is 2.23. The van der Waals surface area contributed by atoms with Crippen molar-refractivity contribution >= 4 is 17.6 Å². The second-order valence-corrected chi connectivity index (χ2v) is 4.57. The highest BCUT2D eigenvalue weighted by Crippen LogP contribution is 2.26. The standard InChI is InChI=1S/C14H17NO4/c1-10(14(17)18)19-9-13(16)15-8-4-6-11-5-2-3-7-12(11)15/h2-3,5,7,10H,4,6,8-9H2,1H3,(H,17,18). The molecule has 1 aliphatic rings.